The second-order valence-corrected chi connectivity index (χ2v) is 7.18. The molecule has 0 aromatic heterocycles. The molecule has 3 atom stereocenters. The van der Waals surface area contributed by atoms with Crippen molar-refractivity contribution in [2.75, 3.05) is 27.8 Å². The largest absolute Gasteiger partial charge is 0.469 e. The number of nitrogens with zero attached hydrogens (tertiary/aromatic N) is 1. The molecule has 1 aromatic carbocycles. The van der Waals surface area contributed by atoms with Crippen LogP contribution < -0.4 is 5.32 Å². The lowest BCUT2D eigenvalue weighted by Crippen LogP contribution is -2.47. The number of hydrogen-bond acceptors (Lipinski definition) is 6. The fourth-order valence-corrected chi connectivity index (χ4v) is 3.85. The quantitative estimate of drug-likeness (QED) is 0.740. The smallest absolute Gasteiger partial charge is 0.326 e. The highest BCUT2D eigenvalue weighted by molar-refractivity contribution is 6.31. The number of hydrogen-bond donors (Lipinski definition) is 1. The number of esters is 2. The summed E-state index contributed by atoms with van der Waals surface area (Å²) in [5.74, 6) is -1.59. The number of benzene rings is 1. The molecule has 148 valence electrons. The predicted octanol–water partition coefficient (Wildman–Crippen LogP) is 1.94. The number of rotatable bonds is 6. The van der Waals surface area contributed by atoms with Crippen molar-refractivity contribution in [3.63, 3.8) is 0 Å². The monoisotopic (exact) mass is 396 g/mol. The zero-order chi connectivity index (χ0) is 20.2. The van der Waals surface area contributed by atoms with E-state index in [-0.39, 0.29) is 25.3 Å². The van der Waals surface area contributed by atoms with Gasteiger partial charge in [-0.2, -0.15) is 0 Å². The van der Waals surface area contributed by atoms with Crippen LogP contribution in [0.1, 0.15) is 31.4 Å². The summed E-state index contributed by atoms with van der Waals surface area (Å²) in [4.78, 5) is 38.4. The molecule has 7 nitrogen and oxygen atoms in total. The van der Waals surface area contributed by atoms with Gasteiger partial charge in [0, 0.05) is 17.6 Å². The zero-order valence-corrected chi connectivity index (χ0v) is 16.7. The molecule has 1 saturated heterocycles. The van der Waals surface area contributed by atoms with Crippen LogP contribution in [-0.4, -0.2) is 56.1 Å². The number of amides is 1. The molecule has 0 saturated carbocycles. The van der Waals surface area contributed by atoms with Crippen LogP contribution >= 0.6 is 11.6 Å². The van der Waals surface area contributed by atoms with Crippen molar-refractivity contribution in [3.8, 4) is 0 Å². The first-order chi connectivity index (χ1) is 12.8. The van der Waals surface area contributed by atoms with E-state index in [4.69, 9.17) is 16.3 Å². The summed E-state index contributed by atoms with van der Waals surface area (Å²) in [6.45, 7) is 1.92. The molecule has 1 aliphatic heterocycles. The number of likely N-dealkylation sites (tertiary alicyclic amines) is 1. The normalized spacial score (nSPS) is 25.1. The van der Waals surface area contributed by atoms with Gasteiger partial charge in [0.05, 0.1) is 26.6 Å². The lowest BCUT2D eigenvalue weighted by molar-refractivity contribution is -0.152. The Morgan fingerprint density at radius 2 is 1.93 bits per heavy atom. The molecule has 0 unspecified atom stereocenters. The van der Waals surface area contributed by atoms with Gasteiger partial charge in [-0.25, -0.2) is 0 Å². The van der Waals surface area contributed by atoms with Crippen molar-refractivity contribution in [2.45, 2.75) is 31.3 Å². The molecule has 0 radical (unpaired) electrons. The summed E-state index contributed by atoms with van der Waals surface area (Å²) in [7, 11) is 4.41. The molecule has 1 heterocycles. The van der Waals surface area contributed by atoms with E-state index in [2.05, 4.69) is 10.1 Å². The lowest BCUT2D eigenvalue weighted by Gasteiger charge is -2.33. The van der Waals surface area contributed by atoms with Crippen LogP contribution in [0.2, 0.25) is 5.02 Å². The highest BCUT2D eigenvalue weighted by Crippen LogP contribution is 2.47. The molecule has 8 heteroatoms. The van der Waals surface area contributed by atoms with Gasteiger partial charge in [-0.3, -0.25) is 19.3 Å². The molecule has 1 amide bonds. The SMILES string of the molecule is COC(=O)CCNC(=O)[C@@H]1C[C@](C)(C(=O)OC)N(C)[C@@H]1c1ccccc1Cl. The van der Waals surface area contributed by atoms with Gasteiger partial charge in [0.1, 0.15) is 5.54 Å². The first-order valence-corrected chi connectivity index (χ1v) is 9.04. The Morgan fingerprint density at radius 1 is 1.26 bits per heavy atom. The van der Waals surface area contributed by atoms with Crippen molar-refractivity contribution >= 4 is 29.4 Å². The van der Waals surface area contributed by atoms with Gasteiger partial charge in [-0.05, 0) is 32.0 Å². The summed E-state index contributed by atoms with van der Waals surface area (Å²) in [6, 6.07) is 6.85. The van der Waals surface area contributed by atoms with E-state index >= 15 is 0 Å². The van der Waals surface area contributed by atoms with Gasteiger partial charge >= 0.3 is 11.9 Å². The standard InChI is InChI=1S/C19H25ClN2O5/c1-19(18(25)27-4)11-13(17(24)21-10-9-15(23)26-3)16(22(19)2)12-7-5-6-8-14(12)20/h5-8,13,16H,9-11H2,1-4H3,(H,21,24)/t13-,16-,19-/m1/s1. The molecule has 2 rings (SSSR count). The summed E-state index contributed by atoms with van der Waals surface area (Å²) in [5.41, 5.74) is -0.203. The van der Waals surface area contributed by atoms with Crippen LogP contribution in [0.5, 0.6) is 0 Å². The first kappa shape index (κ1) is 21.2. The van der Waals surface area contributed by atoms with Gasteiger partial charge in [-0.1, -0.05) is 29.8 Å². The van der Waals surface area contributed by atoms with Crippen molar-refractivity contribution in [1.29, 1.82) is 0 Å². The van der Waals surface area contributed by atoms with Crippen molar-refractivity contribution < 1.29 is 23.9 Å². The predicted molar refractivity (Wildman–Crippen MR) is 100 cm³/mol. The molecular weight excluding hydrogens is 372 g/mol. The second-order valence-electron chi connectivity index (χ2n) is 6.77. The third-order valence-electron chi connectivity index (χ3n) is 5.24. The van der Waals surface area contributed by atoms with Crippen LogP contribution in [0, 0.1) is 5.92 Å². The van der Waals surface area contributed by atoms with E-state index in [0.717, 1.165) is 5.56 Å². The molecular formula is C19H25ClN2O5. The summed E-state index contributed by atoms with van der Waals surface area (Å²) in [5, 5.41) is 3.29. The fourth-order valence-electron chi connectivity index (χ4n) is 3.61. The van der Waals surface area contributed by atoms with Crippen molar-refractivity contribution in [3.05, 3.63) is 34.9 Å². The Morgan fingerprint density at radius 3 is 2.52 bits per heavy atom. The molecule has 1 aliphatic rings. The Balaban J connectivity index is 2.31. The second kappa shape index (κ2) is 8.71. The van der Waals surface area contributed by atoms with E-state index in [1.54, 1.807) is 20.0 Å². The highest BCUT2D eigenvalue weighted by atomic mass is 35.5. The number of nitrogens with one attached hydrogen (secondary N) is 1. The number of halogens is 1. The Bertz CT molecular complexity index is 726. The molecule has 1 N–H and O–H groups in total. The summed E-state index contributed by atoms with van der Waals surface area (Å²) >= 11 is 6.38. The molecule has 1 aromatic rings. The molecule has 27 heavy (non-hydrogen) atoms. The minimum Gasteiger partial charge on any atom is -0.469 e. The Hall–Kier alpha value is -2.12. The highest BCUT2D eigenvalue weighted by Gasteiger charge is 2.55. The van der Waals surface area contributed by atoms with Crippen LogP contribution in [0.3, 0.4) is 0 Å². The zero-order valence-electron chi connectivity index (χ0n) is 16.0. The average Bonchev–Trinajstić information content (AvgIpc) is 2.93. The van der Waals surface area contributed by atoms with E-state index in [9.17, 15) is 14.4 Å². The van der Waals surface area contributed by atoms with Gasteiger partial charge < -0.3 is 14.8 Å². The molecule has 1 fully saturated rings. The van der Waals surface area contributed by atoms with Crippen LogP contribution in [0.25, 0.3) is 0 Å². The number of methoxy groups -OCH3 is 2. The van der Waals surface area contributed by atoms with E-state index in [1.807, 2.05) is 23.1 Å². The molecule has 0 aliphatic carbocycles. The molecule has 0 spiro atoms. The van der Waals surface area contributed by atoms with Crippen LogP contribution in [-0.2, 0) is 23.9 Å². The van der Waals surface area contributed by atoms with E-state index < -0.39 is 29.4 Å². The minimum absolute atomic E-state index is 0.0792. The summed E-state index contributed by atoms with van der Waals surface area (Å²) < 4.78 is 9.55. The Labute approximate surface area is 163 Å². The molecule has 0 bridgehead atoms. The third-order valence-corrected chi connectivity index (χ3v) is 5.58. The Kier molecular flexibility index (Phi) is 6.84. The van der Waals surface area contributed by atoms with Gasteiger partial charge in [-0.15, -0.1) is 0 Å². The fraction of sp³-hybridized carbons (Fsp3) is 0.526. The number of carbonyl (C=O) groups is 3. The topological polar surface area (TPSA) is 84.9 Å². The maximum absolute atomic E-state index is 12.9. The van der Waals surface area contributed by atoms with Crippen molar-refractivity contribution in [2.24, 2.45) is 5.92 Å². The summed E-state index contributed by atoms with van der Waals surface area (Å²) in [6.07, 6.45) is 0.353. The average molecular weight is 397 g/mol. The number of carbonyl (C=O) groups excluding carboxylic acids is 3. The maximum Gasteiger partial charge on any atom is 0.326 e. The minimum atomic E-state index is -0.969. The maximum atomic E-state index is 12.9. The van der Waals surface area contributed by atoms with Crippen LogP contribution in [0.15, 0.2) is 24.3 Å². The number of likely N-dealkylation sites (N-methyl/N-ethyl adjacent to an activating group) is 1. The lowest BCUT2D eigenvalue weighted by atomic mass is 9.89. The van der Waals surface area contributed by atoms with E-state index in [0.29, 0.717) is 5.02 Å². The number of ether oxygens (including phenoxy) is 2. The van der Waals surface area contributed by atoms with Gasteiger partial charge in [0.15, 0.2) is 0 Å². The van der Waals surface area contributed by atoms with E-state index in [1.165, 1.54) is 14.2 Å². The third kappa shape index (κ3) is 4.25. The van der Waals surface area contributed by atoms with Crippen LogP contribution in [0.4, 0.5) is 0 Å². The van der Waals surface area contributed by atoms with Gasteiger partial charge in [0.25, 0.3) is 0 Å². The van der Waals surface area contributed by atoms with Gasteiger partial charge in [0.2, 0.25) is 5.91 Å². The first-order valence-electron chi connectivity index (χ1n) is 8.66. The van der Waals surface area contributed by atoms with Crippen molar-refractivity contribution in [1.82, 2.24) is 10.2 Å².